The number of aromatic nitrogens is 1. The minimum absolute atomic E-state index is 0.206. The van der Waals surface area contributed by atoms with E-state index in [0.29, 0.717) is 0 Å². The fourth-order valence-electron chi connectivity index (χ4n) is 3.63. The molecule has 3 aromatic rings. The smallest absolute Gasteiger partial charge is 0.283 e. The largest absolute Gasteiger partial charge is 0.298 e. The molecule has 0 spiro atoms. The molecule has 4 rings (SSSR count). The fourth-order valence-corrected chi connectivity index (χ4v) is 3.63. The molecule has 2 heterocycles. The van der Waals surface area contributed by atoms with E-state index in [2.05, 4.69) is 108 Å². The summed E-state index contributed by atoms with van der Waals surface area (Å²) in [6, 6.07) is 23.6. The third kappa shape index (κ3) is 2.16. The van der Waals surface area contributed by atoms with E-state index in [9.17, 15) is 0 Å². The summed E-state index contributed by atoms with van der Waals surface area (Å²) in [6.45, 7) is 4.44. The van der Waals surface area contributed by atoms with Gasteiger partial charge in [-0.1, -0.05) is 36.4 Å². The molecule has 0 radical (unpaired) electrons. The van der Waals surface area contributed by atoms with Crippen molar-refractivity contribution in [3.8, 4) is 0 Å². The number of nitrogens with zero attached hydrogens (tertiary/aromatic N) is 3. The second-order valence-corrected chi connectivity index (χ2v) is 6.32. The minimum atomic E-state index is 0.206. The molecule has 24 heavy (non-hydrogen) atoms. The SMILES string of the molecule is Cc1ccccc1N1c2ccccc2N(c2cccc[n+]2C)[C@@H]1C. The number of fused-ring (bicyclic) bond motifs is 1. The molecule has 0 unspecified atom stereocenters. The molecule has 0 aliphatic carbocycles. The van der Waals surface area contributed by atoms with E-state index in [1.165, 1.54) is 28.4 Å². The van der Waals surface area contributed by atoms with E-state index >= 15 is 0 Å². The van der Waals surface area contributed by atoms with Crippen molar-refractivity contribution in [3.63, 3.8) is 0 Å². The van der Waals surface area contributed by atoms with Gasteiger partial charge < -0.3 is 0 Å². The van der Waals surface area contributed by atoms with Crippen molar-refractivity contribution in [3.05, 3.63) is 78.5 Å². The Kier molecular flexibility index (Phi) is 3.49. The van der Waals surface area contributed by atoms with Gasteiger partial charge in [-0.2, -0.15) is 0 Å². The Labute approximate surface area is 143 Å². The van der Waals surface area contributed by atoms with E-state index in [0.717, 1.165) is 0 Å². The van der Waals surface area contributed by atoms with Crippen LogP contribution < -0.4 is 14.4 Å². The normalized spacial score (nSPS) is 16.4. The van der Waals surface area contributed by atoms with Crippen molar-refractivity contribution in [1.82, 2.24) is 0 Å². The Morgan fingerprint density at radius 2 is 1.33 bits per heavy atom. The lowest BCUT2D eigenvalue weighted by molar-refractivity contribution is -0.658. The van der Waals surface area contributed by atoms with Gasteiger partial charge in [0.2, 0.25) is 0 Å². The van der Waals surface area contributed by atoms with E-state index < -0.39 is 0 Å². The summed E-state index contributed by atoms with van der Waals surface area (Å²) in [5.41, 5.74) is 5.05. The molecular formula is C21H22N3+. The zero-order valence-electron chi connectivity index (χ0n) is 14.3. The Bertz CT molecular complexity index is 815. The number of benzene rings is 2. The summed E-state index contributed by atoms with van der Waals surface area (Å²) in [5.74, 6) is 1.19. The van der Waals surface area contributed by atoms with E-state index in [4.69, 9.17) is 0 Å². The summed E-state index contributed by atoms with van der Waals surface area (Å²) in [5, 5.41) is 0. The first-order chi connectivity index (χ1) is 11.7. The van der Waals surface area contributed by atoms with Crippen LogP contribution in [0.3, 0.4) is 0 Å². The predicted octanol–water partition coefficient (Wildman–Crippen LogP) is 4.46. The summed E-state index contributed by atoms with van der Waals surface area (Å²) < 4.78 is 2.18. The van der Waals surface area contributed by atoms with Gasteiger partial charge in [-0.25, -0.2) is 9.47 Å². The molecule has 2 aromatic carbocycles. The Morgan fingerprint density at radius 3 is 2.00 bits per heavy atom. The van der Waals surface area contributed by atoms with E-state index in [-0.39, 0.29) is 6.17 Å². The number of aryl methyl sites for hydroxylation is 2. The average molecular weight is 316 g/mol. The predicted molar refractivity (Wildman–Crippen MR) is 99.0 cm³/mol. The maximum absolute atomic E-state index is 2.43. The van der Waals surface area contributed by atoms with Crippen molar-refractivity contribution in [2.75, 3.05) is 9.80 Å². The zero-order chi connectivity index (χ0) is 16.7. The molecule has 3 heteroatoms. The summed E-state index contributed by atoms with van der Waals surface area (Å²) >= 11 is 0. The molecule has 1 aliphatic rings. The van der Waals surface area contributed by atoms with Crippen LogP contribution in [0.1, 0.15) is 12.5 Å². The number of pyridine rings is 1. The maximum atomic E-state index is 2.43. The van der Waals surface area contributed by atoms with Crippen LogP contribution in [0.5, 0.6) is 0 Å². The van der Waals surface area contributed by atoms with Gasteiger partial charge >= 0.3 is 0 Å². The van der Waals surface area contributed by atoms with Crippen molar-refractivity contribution in [2.45, 2.75) is 20.0 Å². The first-order valence-electron chi connectivity index (χ1n) is 8.36. The maximum Gasteiger partial charge on any atom is 0.283 e. The highest BCUT2D eigenvalue weighted by Crippen LogP contribution is 2.47. The molecule has 1 aromatic heterocycles. The van der Waals surface area contributed by atoms with E-state index in [1.807, 2.05) is 0 Å². The number of anilines is 4. The lowest BCUT2D eigenvalue weighted by Gasteiger charge is -2.26. The van der Waals surface area contributed by atoms with Gasteiger partial charge in [0, 0.05) is 11.8 Å². The van der Waals surface area contributed by atoms with Crippen molar-refractivity contribution in [2.24, 2.45) is 7.05 Å². The summed E-state index contributed by atoms with van der Waals surface area (Å²) in [7, 11) is 2.10. The molecule has 120 valence electrons. The first kappa shape index (κ1) is 14.8. The standard InChI is InChI=1S/C21H22N3/c1-16-10-4-5-11-18(16)23-17(2)24(20-13-7-6-12-19(20)23)21-14-8-9-15-22(21)3/h4-15,17H,1-3H3/q+1/t17-/m1/s1. The fraction of sp³-hybridized carbons (Fsp3) is 0.190. The van der Waals surface area contributed by atoms with Gasteiger partial charge in [0.25, 0.3) is 5.82 Å². The number of para-hydroxylation sites is 3. The molecule has 0 amide bonds. The highest BCUT2D eigenvalue weighted by Gasteiger charge is 2.41. The number of hydrogen-bond donors (Lipinski definition) is 0. The van der Waals surface area contributed by atoms with Gasteiger partial charge in [0.1, 0.15) is 0 Å². The zero-order valence-corrected chi connectivity index (χ0v) is 14.3. The molecule has 0 N–H and O–H groups in total. The molecule has 0 saturated carbocycles. The summed E-state index contributed by atoms with van der Waals surface area (Å²) in [6.07, 6.45) is 2.30. The van der Waals surface area contributed by atoms with Crippen LogP contribution >= 0.6 is 0 Å². The van der Waals surface area contributed by atoms with Crippen LogP contribution in [-0.4, -0.2) is 6.17 Å². The van der Waals surface area contributed by atoms with E-state index in [1.54, 1.807) is 0 Å². The van der Waals surface area contributed by atoms with Crippen molar-refractivity contribution in [1.29, 1.82) is 0 Å². The molecule has 1 aliphatic heterocycles. The van der Waals surface area contributed by atoms with Gasteiger partial charge in [-0.05, 0) is 43.7 Å². The quantitative estimate of drug-likeness (QED) is 0.646. The van der Waals surface area contributed by atoms with Crippen LogP contribution in [0.4, 0.5) is 22.9 Å². The Balaban J connectivity index is 1.91. The van der Waals surface area contributed by atoms with Crippen molar-refractivity contribution < 1.29 is 4.57 Å². The second kappa shape index (κ2) is 5.68. The lowest BCUT2D eigenvalue weighted by Crippen LogP contribution is -2.43. The van der Waals surface area contributed by atoms with Gasteiger partial charge in [0.05, 0.1) is 18.9 Å². The van der Waals surface area contributed by atoms with Gasteiger partial charge in [0.15, 0.2) is 11.9 Å². The topological polar surface area (TPSA) is 10.4 Å². The minimum Gasteiger partial charge on any atom is -0.298 e. The Hall–Kier alpha value is -2.81. The lowest BCUT2D eigenvalue weighted by atomic mass is 10.1. The molecular weight excluding hydrogens is 294 g/mol. The van der Waals surface area contributed by atoms with Crippen LogP contribution in [0.25, 0.3) is 0 Å². The average Bonchev–Trinajstić information content (AvgIpc) is 2.88. The van der Waals surface area contributed by atoms with Crippen LogP contribution in [0, 0.1) is 6.92 Å². The molecule has 0 saturated heterocycles. The number of hydrogen-bond acceptors (Lipinski definition) is 2. The monoisotopic (exact) mass is 316 g/mol. The highest BCUT2D eigenvalue weighted by molar-refractivity contribution is 5.87. The molecule has 0 fully saturated rings. The third-order valence-electron chi connectivity index (χ3n) is 4.80. The second-order valence-electron chi connectivity index (χ2n) is 6.32. The van der Waals surface area contributed by atoms with Crippen LogP contribution in [0.15, 0.2) is 72.9 Å². The molecule has 0 bridgehead atoms. The molecule has 1 atom stereocenters. The summed E-state index contributed by atoms with van der Waals surface area (Å²) in [4.78, 5) is 4.83. The number of rotatable bonds is 2. The highest BCUT2D eigenvalue weighted by atomic mass is 15.4. The Morgan fingerprint density at radius 1 is 0.750 bits per heavy atom. The van der Waals surface area contributed by atoms with Gasteiger partial charge in [-0.3, -0.25) is 4.90 Å². The molecule has 3 nitrogen and oxygen atoms in total. The third-order valence-corrected chi connectivity index (χ3v) is 4.80. The van der Waals surface area contributed by atoms with Crippen LogP contribution in [0.2, 0.25) is 0 Å². The van der Waals surface area contributed by atoms with Crippen LogP contribution in [-0.2, 0) is 7.05 Å². The van der Waals surface area contributed by atoms with Gasteiger partial charge in [-0.15, -0.1) is 0 Å². The van der Waals surface area contributed by atoms with Crippen molar-refractivity contribution >= 4 is 22.9 Å². The first-order valence-corrected chi connectivity index (χ1v) is 8.36.